The predicted molar refractivity (Wildman–Crippen MR) is 88.0 cm³/mol. The van der Waals surface area contributed by atoms with Crippen molar-refractivity contribution in [2.45, 2.75) is 45.1 Å². The molecule has 1 aromatic heterocycles. The van der Waals surface area contributed by atoms with Gasteiger partial charge in [-0.05, 0) is 38.1 Å². The SMILES string of the molecule is Cc1ncc(CN2CC[C@@]3(CCC[C@H]3C(=O)N3CC(F)(F)C3)C2)cn1. The molecule has 1 aromatic rings. The standard InChI is InChI=1S/C18H24F2N4O/c1-13-21-7-14(8-22-13)9-23-6-5-17(10-23)4-2-3-15(17)16(25)24-11-18(19,20)12-24/h7-8,15H,2-6,9-12H2,1H3/t15-,17-/m0/s1. The molecule has 1 spiro atoms. The van der Waals surface area contributed by atoms with Crippen LogP contribution < -0.4 is 0 Å². The highest BCUT2D eigenvalue weighted by Crippen LogP contribution is 2.51. The Hall–Kier alpha value is -1.63. The fourth-order valence-corrected chi connectivity index (χ4v) is 4.78. The minimum atomic E-state index is -2.69. The summed E-state index contributed by atoms with van der Waals surface area (Å²) in [6.45, 7) is 3.65. The number of aromatic nitrogens is 2. The van der Waals surface area contributed by atoms with Crippen LogP contribution in [0.25, 0.3) is 0 Å². The predicted octanol–water partition coefficient (Wildman–Crippen LogP) is 2.25. The van der Waals surface area contributed by atoms with Gasteiger partial charge in [0.2, 0.25) is 5.91 Å². The van der Waals surface area contributed by atoms with Gasteiger partial charge in [0.1, 0.15) is 5.82 Å². The van der Waals surface area contributed by atoms with E-state index in [1.165, 1.54) is 4.90 Å². The molecule has 2 atom stereocenters. The van der Waals surface area contributed by atoms with E-state index in [4.69, 9.17) is 0 Å². The zero-order chi connectivity index (χ0) is 17.7. The lowest BCUT2D eigenvalue weighted by atomic mass is 9.76. The molecule has 25 heavy (non-hydrogen) atoms. The van der Waals surface area contributed by atoms with E-state index in [0.717, 1.165) is 56.7 Å². The molecule has 3 aliphatic rings. The zero-order valence-corrected chi connectivity index (χ0v) is 14.5. The molecule has 0 radical (unpaired) electrons. The van der Waals surface area contributed by atoms with E-state index in [2.05, 4.69) is 14.9 Å². The molecule has 0 N–H and O–H groups in total. The maximum Gasteiger partial charge on any atom is 0.282 e. The van der Waals surface area contributed by atoms with Gasteiger partial charge in [0, 0.05) is 37.0 Å². The zero-order valence-electron chi connectivity index (χ0n) is 14.5. The number of hydrogen-bond donors (Lipinski definition) is 0. The summed E-state index contributed by atoms with van der Waals surface area (Å²) in [4.78, 5) is 24.9. The summed E-state index contributed by atoms with van der Waals surface area (Å²) in [5.41, 5.74) is 1.04. The van der Waals surface area contributed by atoms with Gasteiger partial charge in [-0.15, -0.1) is 0 Å². The second kappa shape index (κ2) is 5.97. The van der Waals surface area contributed by atoms with Crippen LogP contribution in [-0.4, -0.2) is 57.8 Å². The van der Waals surface area contributed by atoms with Crippen LogP contribution in [0.1, 0.15) is 37.1 Å². The molecule has 2 saturated heterocycles. The molecular weight excluding hydrogens is 326 g/mol. The number of hydrogen-bond acceptors (Lipinski definition) is 4. The highest BCUT2D eigenvalue weighted by Gasteiger charge is 2.55. The molecule has 136 valence electrons. The number of aryl methyl sites for hydroxylation is 1. The number of likely N-dealkylation sites (tertiary alicyclic amines) is 2. The van der Waals surface area contributed by atoms with Gasteiger partial charge in [-0.25, -0.2) is 18.7 Å². The molecule has 0 aromatic carbocycles. The van der Waals surface area contributed by atoms with Crippen molar-refractivity contribution in [3.8, 4) is 0 Å². The minimum Gasteiger partial charge on any atom is -0.330 e. The third-order valence-electron chi connectivity index (χ3n) is 6.07. The Labute approximate surface area is 146 Å². The Morgan fingerprint density at radius 1 is 1.24 bits per heavy atom. The first-order chi connectivity index (χ1) is 11.9. The van der Waals surface area contributed by atoms with Crippen molar-refractivity contribution in [1.82, 2.24) is 19.8 Å². The van der Waals surface area contributed by atoms with Crippen LogP contribution in [0, 0.1) is 18.3 Å². The van der Waals surface area contributed by atoms with Gasteiger partial charge in [0.05, 0.1) is 13.1 Å². The topological polar surface area (TPSA) is 49.3 Å². The lowest BCUT2D eigenvalue weighted by molar-refractivity contribution is -0.172. The number of alkyl halides is 2. The summed E-state index contributed by atoms with van der Waals surface area (Å²) >= 11 is 0. The first kappa shape index (κ1) is 16.8. The van der Waals surface area contributed by atoms with Crippen LogP contribution in [0.15, 0.2) is 12.4 Å². The Balaban J connectivity index is 1.41. The van der Waals surface area contributed by atoms with Crippen LogP contribution in [-0.2, 0) is 11.3 Å². The molecule has 3 heterocycles. The van der Waals surface area contributed by atoms with Crippen molar-refractivity contribution in [3.63, 3.8) is 0 Å². The van der Waals surface area contributed by atoms with Crippen LogP contribution in [0.5, 0.6) is 0 Å². The van der Waals surface area contributed by atoms with Gasteiger partial charge in [-0.2, -0.15) is 0 Å². The van der Waals surface area contributed by atoms with Crippen molar-refractivity contribution in [2.24, 2.45) is 11.3 Å². The monoisotopic (exact) mass is 350 g/mol. The summed E-state index contributed by atoms with van der Waals surface area (Å²) in [5.74, 6) is -2.07. The number of rotatable bonds is 3. The molecule has 1 amide bonds. The molecule has 4 rings (SSSR count). The maximum atomic E-state index is 13.1. The summed E-state index contributed by atoms with van der Waals surface area (Å²) in [5, 5.41) is 0. The second-order valence-corrected chi connectivity index (χ2v) is 7.96. The molecule has 0 unspecified atom stereocenters. The first-order valence-electron chi connectivity index (χ1n) is 9.03. The maximum absolute atomic E-state index is 13.1. The van der Waals surface area contributed by atoms with Crippen molar-refractivity contribution < 1.29 is 13.6 Å². The average molecular weight is 350 g/mol. The summed E-state index contributed by atoms with van der Waals surface area (Å²) < 4.78 is 26.2. The average Bonchev–Trinajstić information content (AvgIpc) is 3.14. The van der Waals surface area contributed by atoms with Crippen LogP contribution in [0.2, 0.25) is 0 Å². The number of carbonyl (C=O) groups excluding carboxylic acids is 1. The molecule has 1 aliphatic carbocycles. The molecule has 3 fully saturated rings. The molecule has 5 nitrogen and oxygen atoms in total. The Kier molecular flexibility index (Phi) is 4.02. The van der Waals surface area contributed by atoms with E-state index in [9.17, 15) is 13.6 Å². The Bertz CT molecular complexity index is 658. The molecule has 2 aliphatic heterocycles. The third kappa shape index (κ3) is 3.14. The van der Waals surface area contributed by atoms with Gasteiger partial charge in [-0.3, -0.25) is 9.69 Å². The minimum absolute atomic E-state index is 0.0342. The fourth-order valence-electron chi connectivity index (χ4n) is 4.78. The van der Waals surface area contributed by atoms with E-state index in [-0.39, 0.29) is 17.2 Å². The second-order valence-electron chi connectivity index (χ2n) is 7.96. The normalized spacial score (nSPS) is 31.5. The molecule has 1 saturated carbocycles. The van der Waals surface area contributed by atoms with Gasteiger partial charge in [0.15, 0.2) is 0 Å². The van der Waals surface area contributed by atoms with E-state index >= 15 is 0 Å². The summed E-state index contributed by atoms with van der Waals surface area (Å²) in [6, 6.07) is 0. The van der Waals surface area contributed by atoms with E-state index in [1.807, 2.05) is 19.3 Å². The quantitative estimate of drug-likeness (QED) is 0.839. The van der Waals surface area contributed by atoms with Gasteiger partial charge < -0.3 is 4.90 Å². The fraction of sp³-hybridized carbons (Fsp3) is 0.722. The van der Waals surface area contributed by atoms with Crippen molar-refractivity contribution in [2.75, 3.05) is 26.2 Å². The lowest BCUT2D eigenvalue weighted by Gasteiger charge is -2.42. The number of amides is 1. The highest BCUT2D eigenvalue weighted by molar-refractivity contribution is 5.81. The molecular formula is C18H24F2N4O. The van der Waals surface area contributed by atoms with E-state index < -0.39 is 19.0 Å². The molecule has 7 heteroatoms. The van der Waals surface area contributed by atoms with Crippen molar-refractivity contribution >= 4 is 5.91 Å². The van der Waals surface area contributed by atoms with E-state index in [1.54, 1.807) is 0 Å². The lowest BCUT2D eigenvalue weighted by Crippen LogP contribution is -2.60. The largest absolute Gasteiger partial charge is 0.330 e. The Morgan fingerprint density at radius 3 is 2.64 bits per heavy atom. The summed E-state index contributed by atoms with van der Waals surface area (Å²) in [6.07, 6.45) is 7.55. The van der Waals surface area contributed by atoms with E-state index in [0.29, 0.717) is 0 Å². The van der Waals surface area contributed by atoms with Gasteiger partial charge in [-0.1, -0.05) is 6.42 Å². The Morgan fingerprint density at radius 2 is 1.96 bits per heavy atom. The number of halogens is 2. The van der Waals surface area contributed by atoms with Gasteiger partial charge >= 0.3 is 0 Å². The van der Waals surface area contributed by atoms with Crippen LogP contribution in [0.3, 0.4) is 0 Å². The van der Waals surface area contributed by atoms with Gasteiger partial charge in [0.25, 0.3) is 5.92 Å². The van der Waals surface area contributed by atoms with Crippen LogP contribution in [0.4, 0.5) is 8.78 Å². The van der Waals surface area contributed by atoms with Crippen molar-refractivity contribution in [1.29, 1.82) is 0 Å². The first-order valence-corrected chi connectivity index (χ1v) is 9.03. The highest BCUT2D eigenvalue weighted by atomic mass is 19.3. The smallest absolute Gasteiger partial charge is 0.282 e. The van der Waals surface area contributed by atoms with Crippen LogP contribution >= 0.6 is 0 Å². The third-order valence-corrected chi connectivity index (χ3v) is 6.07. The summed E-state index contributed by atoms with van der Waals surface area (Å²) in [7, 11) is 0. The van der Waals surface area contributed by atoms with Crippen molar-refractivity contribution in [3.05, 3.63) is 23.8 Å². The number of carbonyl (C=O) groups is 1. The number of nitrogens with zero attached hydrogens (tertiary/aromatic N) is 4. The molecule has 0 bridgehead atoms.